The van der Waals surface area contributed by atoms with E-state index in [4.69, 9.17) is 5.73 Å². The van der Waals surface area contributed by atoms with Crippen LogP contribution in [0.5, 0.6) is 0 Å². The summed E-state index contributed by atoms with van der Waals surface area (Å²) >= 11 is 1.48. The molecule has 20 heavy (non-hydrogen) atoms. The second-order valence-electron chi connectivity index (χ2n) is 4.96. The summed E-state index contributed by atoms with van der Waals surface area (Å²) in [6.45, 7) is 0.555. The summed E-state index contributed by atoms with van der Waals surface area (Å²) in [5.74, 6) is -0.150. The number of rotatable bonds is 4. The van der Waals surface area contributed by atoms with Gasteiger partial charge in [0.25, 0.3) is 5.91 Å². The van der Waals surface area contributed by atoms with E-state index in [1.54, 1.807) is 5.38 Å². The minimum Gasteiger partial charge on any atom is -0.330 e. The number of carbonyl (C=O) groups is 1. The van der Waals surface area contributed by atoms with Crippen LogP contribution >= 0.6 is 11.3 Å². The van der Waals surface area contributed by atoms with Crippen molar-refractivity contribution in [1.29, 1.82) is 0 Å². The van der Waals surface area contributed by atoms with Gasteiger partial charge in [-0.2, -0.15) is 0 Å². The van der Waals surface area contributed by atoms with E-state index >= 15 is 0 Å². The molecule has 2 aromatic rings. The van der Waals surface area contributed by atoms with Gasteiger partial charge in [-0.1, -0.05) is 6.07 Å². The van der Waals surface area contributed by atoms with E-state index in [9.17, 15) is 4.79 Å². The van der Waals surface area contributed by atoms with E-state index in [1.807, 2.05) is 6.07 Å². The number of hydrogen-bond donors (Lipinski definition) is 2. The van der Waals surface area contributed by atoms with Crippen LogP contribution in [-0.4, -0.2) is 17.4 Å². The van der Waals surface area contributed by atoms with E-state index in [0.717, 1.165) is 30.0 Å². The van der Waals surface area contributed by atoms with Gasteiger partial charge >= 0.3 is 0 Å². The van der Waals surface area contributed by atoms with Gasteiger partial charge in [0.1, 0.15) is 5.69 Å². The minimum absolute atomic E-state index is 0.150. The molecule has 3 N–H and O–H groups in total. The first-order valence-electron chi connectivity index (χ1n) is 6.84. The highest BCUT2D eigenvalue weighted by atomic mass is 32.1. The second kappa shape index (κ2) is 5.73. The van der Waals surface area contributed by atoms with Crippen LogP contribution in [0.25, 0.3) is 0 Å². The molecule has 3 rings (SSSR count). The van der Waals surface area contributed by atoms with Gasteiger partial charge in [-0.25, -0.2) is 4.98 Å². The first kappa shape index (κ1) is 13.3. The topological polar surface area (TPSA) is 68.0 Å². The lowest BCUT2D eigenvalue weighted by Gasteiger charge is -2.06. The Labute approximate surface area is 122 Å². The Morgan fingerprint density at radius 2 is 2.20 bits per heavy atom. The van der Waals surface area contributed by atoms with E-state index in [1.165, 1.54) is 28.9 Å². The molecule has 0 unspecified atom stereocenters. The predicted molar refractivity (Wildman–Crippen MR) is 81.3 cm³/mol. The van der Waals surface area contributed by atoms with Crippen molar-refractivity contribution >= 4 is 22.9 Å². The summed E-state index contributed by atoms with van der Waals surface area (Å²) in [5, 5.41) is 5.61. The van der Waals surface area contributed by atoms with Crippen LogP contribution < -0.4 is 11.1 Å². The Morgan fingerprint density at radius 1 is 1.35 bits per heavy atom. The summed E-state index contributed by atoms with van der Waals surface area (Å²) in [4.78, 5) is 16.4. The van der Waals surface area contributed by atoms with Gasteiger partial charge in [0.15, 0.2) is 0 Å². The van der Waals surface area contributed by atoms with Crippen molar-refractivity contribution in [2.45, 2.75) is 25.7 Å². The molecule has 1 amide bonds. The molecule has 0 saturated carbocycles. The van der Waals surface area contributed by atoms with Crippen molar-refractivity contribution in [3.63, 3.8) is 0 Å². The maximum atomic E-state index is 12.1. The van der Waals surface area contributed by atoms with Gasteiger partial charge in [0, 0.05) is 17.5 Å². The molecule has 104 valence electrons. The molecule has 1 aromatic carbocycles. The SMILES string of the molecule is NCCc1nc(C(=O)Nc2ccc3c(c2)CCC3)cs1. The molecule has 1 aliphatic rings. The van der Waals surface area contributed by atoms with Crippen molar-refractivity contribution in [2.24, 2.45) is 5.73 Å². The Kier molecular flexibility index (Phi) is 3.80. The molecule has 1 aromatic heterocycles. The van der Waals surface area contributed by atoms with Crippen LogP contribution in [0, 0.1) is 0 Å². The highest BCUT2D eigenvalue weighted by molar-refractivity contribution is 7.09. The molecule has 0 spiro atoms. The van der Waals surface area contributed by atoms with E-state index in [2.05, 4.69) is 22.4 Å². The van der Waals surface area contributed by atoms with Crippen molar-refractivity contribution in [3.8, 4) is 0 Å². The largest absolute Gasteiger partial charge is 0.330 e. The molecular formula is C15H17N3OS. The Balaban J connectivity index is 1.71. The number of hydrogen-bond acceptors (Lipinski definition) is 4. The van der Waals surface area contributed by atoms with E-state index in [-0.39, 0.29) is 5.91 Å². The molecule has 0 fully saturated rings. The highest BCUT2D eigenvalue weighted by Gasteiger charge is 2.14. The minimum atomic E-state index is -0.150. The van der Waals surface area contributed by atoms with Gasteiger partial charge in [0.05, 0.1) is 5.01 Å². The predicted octanol–water partition coefficient (Wildman–Crippen LogP) is 2.39. The lowest BCUT2D eigenvalue weighted by molar-refractivity contribution is 0.102. The number of aryl methyl sites for hydroxylation is 2. The van der Waals surface area contributed by atoms with Crippen LogP contribution in [-0.2, 0) is 19.3 Å². The van der Waals surface area contributed by atoms with Gasteiger partial charge in [-0.15, -0.1) is 11.3 Å². The van der Waals surface area contributed by atoms with Crippen molar-refractivity contribution in [1.82, 2.24) is 4.98 Å². The van der Waals surface area contributed by atoms with Crippen LogP contribution in [0.15, 0.2) is 23.6 Å². The third kappa shape index (κ3) is 2.73. The quantitative estimate of drug-likeness (QED) is 0.907. The number of aromatic nitrogens is 1. The zero-order valence-electron chi connectivity index (χ0n) is 11.2. The molecule has 4 nitrogen and oxygen atoms in total. The first-order chi connectivity index (χ1) is 9.76. The summed E-state index contributed by atoms with van der Waals surface area (Å²) in [7, 11) is 0. The van der Waals surface area contributed by atoms with E-state index in [0.29, 0.717) is 12.2 Å². The van der Waals surface area contributed by atoms with Crippen molar-refractivity contribution < 1.29 is 4.79 Å². The number of nitrogens with two attached hydrogens (primary N) is 1. The number of amides is 1. The molecule has 0 aliphatic heterocycles. The Morgan fingerprint density at radius 3 is 3.05 bits per heavy atom. The summed E-state index contributed by atoms with van der Waals surface area (Å²) in [6.07, 6.45) is 4.19. The summed E-state index contributed by atoms with van der Waals surface area (Å²) < 4.78 is 0. The smallest absolute Gasteiger partial charge is 0.275 e. The molecule has 5 heteroatoms. The molecule has 0 radical (unpaired) electrons. The molecular weight excluding hydrogens is 270 g/mol. The second-order valence-corrected chi connectivity index (χ2v) is 5.90. The number of carbonyl (C=O) groups excluding carboxylic acids is 1. The number of fused-ring (bicyclic) bond motifs is 1. The first-order valence-corrected chi connectivity index (χ1v) is 7.72. The fourth-order valence-corrected chi connectivity index (χ4v) is 3.29. The zero-order valence-corrected chi connectivity index (χ0v) is 12.0. The van der Waals surface area contributed by atoms with Gasteiger partial charge < -0.3 is 11.1 Å². The zero-order chi connectivity index (χ0) is 13.9. The highest BCUT2D eigenvalue weighted by Crippen LogP contribution is 2.25. The molecule has 1 aliphatic carbocycles. The van der Waals surface area contributed by atoms with Crippen LogP contribution in [0.4, 0.5) is 5.69 Å². The normalized spacial score (nSPS) is 13.2. The molecule has 0 saturated heterocycles. The van der Waals surface area contributed by atoms with Gasteiger partial charge in [0.2, 0.25) is 0 Å². The number of nitrogens with zero attached hydrogens (tertiary/aromatic N) is 1. The van der Waals surface area contributed by atoms with Crippen molar-refractivity contribution in [2.75, 3.05) is 11.9 Å². The van der Waals surface area contributed by atoms with Crippen LogP contribution in [0.2, 0.25) is 0 Å². The lowest BCUT2D eigenvalue weighted by Crippen LogP contribution is -2.13. The Hall–Kier alpha value is -1.72. The third-order valence-corrected chi connectivity index (χ3v) is 4.41. The van der Waals surface area contributed by atoms with Crippen molar-refractivity contribution in [3.05, 3.63) is 45.4 Å². The number of nitrogens with one attached hydrogen (secondary N) is 1. The average Bonchev–Trinajstić information content (AvgIpc) is 3.07. The summed E-state index contributed by atoms with van der Waals surface area (Å²) in [6, 6.07) is 6.15. The van der Waals surface area contributed by atoms with Gasteiger partial charge in [-0.05, 0) is 49.1 Å². The third-order valence-electron chi connectivity index (χ3n) is 3.50. The maximum Gasteiger partial charge on any atom is 0.275 e. The monoisotopic (exact) mass is 287 g/mol. The standard InChI is InChI=1S/C15H17N3OS/c16-7-6-14-18-13(9-20-14)15(19)17-12-5-4-10-2-1-3-11(10)8-12/h4-5,8-9H,1-3,6-7,16H2,(H,17,19). The molecule has 1 heterocycles. The van der Waals surface area contributed by atoms with Crippen LogP contribution in [0.3, 0.4) is 0 Å². The number of anilines is 1. The van der Waals surface area contributed by atoms with E-state index < -0.39 is 0 Å². The maximum absolute atomic E-state index is 12.1. The lowest BCUT2D eigenvalue weighted by atomic mass is 10.1. The fourth-order valence-electron chi connectivity index (χ4n) is 2.50. The fraction of sp³-hybridized carbons (Fsp3) is 0.333. The van der Waals surface area contributed by atoms with Crippen LogP contribution in [0.1, 0.15) is 33.0 Å². The molecule has 0 atom stereocenters. The summed E-state index contributed by atoms with van der Waals surface area (Å²) in [5.41, 5.74) is 9.57. The number of benzene rings is 1. The average molecular weight is 287 g/mol. The van der Waals surface area contributed by atoms with Gasteiger partial charge in [-0.3, -0.25) is 4.79 Å². The number of thiazole rings is 1. The molecule has 0 bridgehead atoms. The Bertz CT molecular complexity index is 636.